The molecule has 1 heterocycles. The lowest BCUT2D eigenvalue weighted by molar-refractivity contribution is 0.0610. The van der Waals surface area contributed by atoms with Crippen molar-refractivity contribution in [2.45, 2.75) is 70.3 Å². The molecule has 114 valence electrons. The molecule has 1 aliphatic carbocycles. The van der Waals surface area contributed by atoms with E-state index in [0.29, 0.717) is 18.2 Å². The fourth-order valence-corrected chi connectivity index (χ4v) is 3.02. The molecule has 5 heteroatoms. The molecule has 0 bridgehead atoms. The molecule has 0 saturated heterocycles. The zero-order chi connectivity index (χ0) is 14.6. The van der Waals surface area contributed by atoms with Crippen molar-refractivity contribution < 1.29 is 9.63 Å². The molecule has 0 amide bonds. The Morgan fingerprint density at radius 3 is 2.65 bits per heavy atom. The average molecular weight is 281 g/mol. The van der Waals surface area contributed by atoms with Crippen molar-refractivity contribution in [3.05, 3.63) is 11.7 Å². The molecule has 5 nitrogen and oxygen atoms in total. The van der Waals surface area contributed by atoms with Gasteiger partial charge in [-0.1, -0.05) is 24.9 Å². The Kier molecular flexibility index (Phi) is 5.16. The quantitative estimate of drug-likeness (QED) is 0.836. The van der Waals surface area contributed by atoms with Crippen LogP contribution in [0.4, 0.5) is 0 Å². The number of aliphatic hydroxyl groups is 1. The van der Waals surface area contributed by atoms with E-state index in [1.165, 1.54) is 25.7 Å². The maximum atomic E-state index is 9.94. The van der Waals surface area contributed by atoms with Gasteiger partial charge in [0.05, 0.1) is 12.0 Å². The normalized spacial score (nSPS) is 26.4. The lowest BCUT2D eigenvalue weighted by atomic mass is 9.80. The van der Waals surface area contributed by atoms with Gasteiger partial charge in [-0.2, -0.15) is 4.98 Å². The first-order valence-electron chi connectivity index (χ1n) is 7.79. The second-order valence-electron chi connectivity index (χ2n) is 6.43. The Morgan fingerprint density at radius 1 is 1.35 bits per heavy atom. The maximum Gasteiger partial charge on any atom is 0.229 e. The monoisotopic (exact) mass is 281 g/mol. The van der Waals surface area contributed by atoms with Gasteiger partial charge < -0.3 is 15.4 Å². The van der Waals surface area contributed by atoms with E-state index >= 15 is 0 Å². The van der Waals surface area contributed by atoms with E-state index in [2.05, 4.69) is 17.1 Å². The third-order valence-electron chi connectivity index (χ3n) is 4.36. The highest BCUT2D eigenvalue weighted by molar-refractivity contribution is 4.99. The molecule has 1 saturated carbocycles. The summed E-state index contributed by atoms with van der Waals surface area (Å²) in [5.74, 6) is 2.60. The van der Waals surface area contributed by atoms with Crippen molar-refractivity contribution in [3.8, 4) is 0 Å². The summed E-state index contributed by atoms with van der Waals surface area (Å²) in [4.78, 5) is 4.44. The highest BCUT2D eigenvalue weighted by atomic mass is 16.5. The summed E-state index contributed by atoms with van der Waals surface area (Å²) in [5.41, 5.74) is 4.54. The fraction of sp³-hybridized carbons (Fsp3) is 0.867. The van der Waals surface area contributed by atoms with E-state index in [1.54, 1.807) is 6.92 Å². The van der Waals surface area contributed by atoms with Crippen LogP contribution in [0.1, 0.15) is 70.0 Å². The van der Waals surface area contributed by atoms with E-state index in [0.717, 1.165) is 24.6 Å². The summed E-state index contributed by atoms with van der Waals surface area (Å²) < 4.78 is 5.25. The SMILES string of the molecule is CCCC1CCC(c2noc(CC(C)(O)CN)n2)CC1. The Labute approximate surface area is 120 Å². The van der Waals surface area contributed by atoms with Crippen LogP contribution in [0.25, 0.3) is 0 Å². The smallest absolute Gasteiger partial charge is 0.229 e. The first kappa shape index (κ1) is 15.4. The zero-order valence-electron chi connectivity index (χ0n) is 12.6. The fourth-order valence-electron chi connectivity index (χ4n) is 3.02. The van der Waals surface area contributed by atoms with Crippen LogP contribution >= 0.6 is 0 Å². The van der Waals surface area contributed by atoms with Gasteiger partial charge in [-0.05, 0) is 38.5 Å². The molecular weight excluding hydrogens is 254 g/mol. The highest BCUT2D eigenvalue weighted by Gasteiger charge is 2.27. The molecule has 0 aromatic carbocycles. The van der Waals surface area contributed by atoms with E-state index in [1.807, 2.05) is 0 Å². The van der Waals surface area contributed by atoms with Crippen LogP contribution in [0, 0.1) is 5.92 Å². The van der Waals surface area contributed by atoms with Crippen LogP contribution in [-0.2, 0) is 6.42 Å². The number of rotatable bonds is 6. The number of hydrogen-bond donors (Lipinski definition) is 2. The molecule has 1 aliphatic rings. The van der Waals surface area contributed by atoms with Crippen LogP contribution in [-0.4, -0.2) is 27.4 Å². The molecule has 3 N–H and O–H groups in total. The minimum atomic E-state index is -0.970. The maximum absolute atomic E-state index is 9.94. The molecule has 20 heavy (non-hydrogen) atoms. The molecular formula is C15H27N3O2. The Bertz CT molecular complexity index is 409. The molecule has 1 aromatic rings. The molecule has 1 atom stereocenters. The molecule has 0 radical (unpaired) electrons. The van der Waals surface area contributed by atoms with Crippen LogP contribution < -0.4 is 5.73 Å². The second kappa shape index (κ2) is 6.68. The average Bonchev–Trinajstić information content (AvgIpc) is 2.88. The number of aromatic nitrogens is 2. The van der Waals surface area contributed by atoms with Gasteiger partial charge in [0, 0.05) is 12.5 Å². The van der Waals surface area contributed by atoms with Gasteiger partial charge >= 0.3 is 0 Å². The predicted molar refractivity (Wildman–Crippen MR) is 77.3 cm³/mol. The summed E-state index contributed by atoms with van der Waals surface area (Å²) in [5, 5.41) is 14.0. The predicted octanol–water partition coefficient (Wildman–Crippen LogP) is 2.40. The summed E-state index contributed by atoms with van der Waals surface area (Å²) in [6, 6.07) is 0. The first-order valence-corrected chi connectivity index (χ1v) is 7.79. The van der Waals surface area contributed by atoms with Gasteiger partial charge in [-0.3, -0.25) is 0 Å². The highest BCUT2D eigenvalue weighted by Crippen LogP contribution is 2.36. The summed E-state index contributed by atoms with van der Waals surface area (Å²) in [6.45, 7) is 4.13. The lowest BCUT2D eigenvalue weighted by Gasteiger charge is -2.26. The molecule has 1 unspecified atom stereocenters. The Morgan fingerprint density at radius 2 is 2.05 bits per heavy atom. The minimum absolute atomic E-state index is 0.187. The van der Waals surface area contributed by atoms with Crippen molar-refractivity contribution in [1.82, 2.24) is 10.1 Å². The van der Waals surface area contributed by atoms with Crippen molar-refractivity contribution in [2.75, 3.05) is 6.54 Å². The van der Waals surface area contributed by atoms with Gasteiger partial charge in [0.2, 0.25) is 5.89 Å². The van der Waals surface area contributed by atoms with Crippen LogP contribution in [0.5, 0.6) is 0 Å². The summed E-state index contributed by atoms with van der Waals surface area (Å²) in [7, 11) is 0. The number of nitrogens with two attached hydrogens (primary N) is 1. The van der Waals surface area contributed by atoms with Gasteiger partial charge in [-0.25, -0.2) is 0 Å². The third kappa shape index (κ3) is 4.03. The Hall–Kier alpha value is -0.940. The van der Waals surface area contributed by atoms with E-state index in [4.69, 9.17) is 10.3 Å². The van der Waals surface area contributed by atoms with Crippen molar-refractivity contribution in [1.29, 1.82) is 0 Å². The number of hydrogen-bond acceptors (Lipinski definition) is 5. The van der Waals surface area contributed by atoms with Gasteiger partial charge in [0.15, 0.2) is 5.82 Å². The summed E-state index contributed by atoms with van der Waals surface area (Å²) >= 11 is 0. The van der Waals surface area contributed by atoms with Crippen molar-refractivity contribution >= 4 is 0 Å². The molecule has 0 aliphatic heterocycles. The second-order valence-corrected chi connectivity index (χ2v) is 6.43. The Balaban J connectivity index is 1.90. The molecule has 0 spiro atoms. The van der Waals surface area contributed by atoms with Crippen LogP contribution in [0.2, 0.25) is 0 Å². The lowest BCUT2D eigenvalue weighted by Crippen LogP contribution is -2.36. The zero-order valence-corrected chi connectivity index (χ0v) is 12.6. The molecule has 1 fully saturated rings. The van der Waals surface area contributed by atoms with Gasteiger partial charge in [0.25, 0.3) is 0 Å². The minimum Gasteiger partial charge on any atom is -0.388 e. The van der Waals surface area contributed by atoms with Gasteiger partial charge in [0.1, 0.15) is 0 Å². The third-order valence-corrected chi connectivity index (χ3v) is 4.36. The van der Waals surface area contributed by atoms with Gasteiger partial charge in [-0.15, -0.1) is 0 Å². The standard InChI is InChI=1S/C15H27N3O2/c1-3-4-11-5-7-12(8-6-11)14-17-13(20-18-14)9-15(2,19)10-16/h11-12,19H,3-10,16H2,1-2H3. The summed E-state index contributed by atoms with van der Waals surface area (Å²) in [6.07, 6.45) is 7.76. The topological polar surface area (TPSA) is 85.2 Å². The van der Waals surface area contributed by atoms with E-state index in [-0.39, 0.29) is 6.54 Å². The molecule has 2 rings (SSSR count). The largest absolute Gasteiger partial charge is 0.388 e. The van der Waals surface area contributed by atoms with Crippen molar-refractivity contribution in [2.24, 2.45) is 11.7 Å². The molecule has 1 aromatic heterocycles. The van der Waals surface area contributed by atoms with Crippen LogP contribution in [0.15, 0.2) is 4.52 Å². The van der Waals surface area contributed by atoms with E-state index in [9.17, 15) is 5.11 Å². The number of nitrogens with zero attached hydrogens (tertiary/aromatic N) is 2. The first-order chi connectivity index (χ1) is 9.54. The van der Waals surface area contributed by atoms with Crippen molar-refractivity contribution in [3.63, 3.8) is 0 Å². The van der Waals surface area contributed by atoms with Crippen LogP contribution in [0.3, 0.4) is 0 Å². The van der Waals surface area contributed by atoms with E-state index < -0.39 is 5.60 Å².